The van der Waals surface area contributed by atoms with E-state index in [0.717, 1.165) is 42.7 Å². The molecule has 1 unspecified atom stereocenters. The third-order valence-electron chi connectivity index (χ3n) is 4.91. The van der Waals surface area contributed by atoms with Gasteiger partial charge in [0.25, 0.3) is 0 Å². The number of nitrogens with one attached hydrogen (secondary N) is 1. The summed E-state index contributed by atoms with van der Waals surface area (Å²) in [7, 11) is 1.80. The highest BCUT2D eigenvalue weighted by Crippen LogP contribution is 2.16. The predicted molar refractivity (Wildman–Crippen MR) is 111 cm³/mol. The second-order valence-electron chi connectivity index (χ2n) is 6.91. The minimum Gasteiger partial charge on any atom is -0.472 e. The summed E-state index contributed by atoms with van der Waals surface area (Å²) in [5.74, 6) is 3.32. The number of rotatable bonds is 5. The van der Waals surface area contributed by atoms with Crippen molar-refractivity contribution in [1.29, 1.82) is 0 Å². The van der Waals surface area contributed by atoms with Gasteiger partial charge in [-0.2, -0.15) is 0 Å². The van der Waals surface area contributed by atoms with Crippen molar-refractivity contribution >= 4 is 5.96 Å². The average molecular weight is 391 g/mol. The van der Waals surface area contributed by atoms with Crippen LogP contribution in [0.3, 0.4) is 0 Å². The minimum absolute atomic E-state index is 0.114. The number of ether oxygens (including phenoxy) is 1. The van der Waals surface area contributed by atoms with Gasteiger partial charge in [0.2, 0.25) is 5.88 Å². The van der Waals surface area contributed by atoms with Crippen LogP contribution in [0.4, 0.5) is 0 Å². The highest BCUT2D eigenvalue weighted by molar-refractivity contribution is 5.80. The van der Waals surface area contributed by atoms with Crippen LogP contribution >= 0.6 is 0 Å². The van der Waals surface area contributed by atoms with Crippen LogP contribution in [0.25, 0.3) is 5.82 Å². The Labute approximate surface area is 170 Å². The summed E-state index contributed by atoms with van der Waals surface area (Å²) in [4.78, 5) is 19.7. The number of hydrogen-bond acceptors (Lipinski definition) is 5. The number of aryl methyl sites for hydroxylation is 1. The molecule has 1 fully saturated rings. The molecule has 1 N–H and O–H groups in total. The highest BCUT2D eigenvalue weighted by atomic mass is 16.5. The van der Waals surface area contributed by atoms with Gasteiger partial charge in [-0.3, -0.25) is 9.56 Å². The molecule has 8 heteroatoms. The number of nitrogens with zero attached hydrogens (tertiary/aromatic N) is 6. The van der Waals surface area contributed by atoms with Crippen LogP contribution in [-0.4, -0.2) is 56.6 Å². The molecular formula is C21H25N7O. The Hall–Kier alpha value is -3.42. The van der Waals surface area contributed by atoms with E-state index in [0.29, 0.717) is 12.4 Å². The fourth-order valence-corrected chi connectivity index (χ4v) is 3.40. The lowest BCUT2D eigenvalue weighted by molar-refractivity contribution is 0.205. The Morgan fingerprint density at radius 2 is 2.14 bits per heavy atom. The van der Waals surface area contributed by atoms with Gasteiger partial charge in [-0.1, -0.05) is 12.1 Å². The van der Waals surface area contributed by atoms with Gasteiger partial charge in [0.15, 0.2) is 5.96 Å². The predicted octanol–water partition coefficient (Wildman–Crippen LogP) is 2.20. The van der Waals surface area contributed by atoms with E-state index in [2.05, 4.69) is 36.2 Å². The molecule has 29 heavy (non-hydrogen) atoms. The first kappa shape index (κ1) is 18.9. The Kier molecular flexibility index (Phi) is 5.69. The van der Waals surface area contributed by atoms with Crippen molar-refractivity contribution in [3.05, 3.63) is 66.5 Å². The third kappa shape index (κ3) is 4.53. The lowest BCUT2D eigenvalue weighted by Gasteiger charge is -2.21. The van der Waals surface area contributed by atoms with Crippen LogP contribution in [0.5, 0.6) is 5.88 Å². The quantitative estimate of drug-likeness (QED) is 0.531. The standard InChI is InChI=1S/C21H25N7O/c1-16-23-10-12-28(16)19-7-6-17(13-25-19)14-26-21(22-2)27-11-8-18(15-27)29-20-5-3-4-9-24-20/h3-7,9-10,12-13,18H,8,11,14-15H2,1-2H3,(H,22,26). The maximum Gasteiger partial charge on any atom is 0.213 e. The highest BCUT2D eigenvalue weighted by Gasteiger charge is 2.26. The molecule has 0 radical (unpaired) electrons. The maximum absolute atomic E-state index is 5.97. The summed E-state index contributed by atoms with van der Waals surface area (Å²) < 4.78 is 7.93. The summed E-state index contributed by atoms with van der Waals surface area (Å²) in [6, 6.07) is 9.78. The van der Waals surface area contributed by atoms with Crippen LogP contribution < -0.4 is 10.1 Å². The van der Waals surface area contributed by atoms with E-state index in [-0.39, 0.29) is 6.10 Å². The smallest absolute Gasteiger partial charge is 0.213 e. The fourth-order valence-electron chi connectivity index (χ4n) is 3.40. The molecule has 0 aliphatic carbocycles. The van der Waals surface area contributed by atoms with Crippen LogP contribution in [0.15, 0.2) is 60.1 Å². The second kappa shape index (κ2) is 8.72. The molecule has 0 aromatic carbocycles. The summed E-state index contributed by atoms with van der Waals surface area (Å²) in [5, 5.41) is 3.42. The SMILES string of the molecule is CN=C(NCc1ccc(-n2ccnc2C)nc1)N1CCC(Oc2ccccn2)C1. The molecule has 3 aromatic heterocycles. The third-order valence-corrected chi connectivity index (χ3v) is 4.91. The molecule has 0 amide bonds. The van der Waals surface area contributed by atoms with Crippen LogP contribution in [-0.2, 0) is 6.54 Å². The number of imidazole rings is 1. The molecule has 1 aliphatic rings. The zero-order valence-corrected chi connectivity index (χ0v) is 16.7. The molecule has 150 valence electrons. The van der Waals surface area contributed by atoms with E-state index < -0.39 is 0 Å². The Bertz CT molecular complexity index is 953. The van der Waals surface area contributed by atoms with Crippen molar-refractivity contribution in [1.82, 2.24) is 29.7 Å². The number of likely N-dealkylation sites (tertiary alicyclic amines) is 1. The van der Waals surface area contributed by atoms with Crippen LogP contribution in [0, 0.1) is 6.92 Å². The largest absolute Gasteiger partial charge is 0.472 e. The molecule has 3 aromatic rings. The fraction of sp³-hybridized carbons (Fsp3) is 0.333. The molecular weight excluding hydrogens is 366 g/mol. The molecule has 0 spiro atoms. The van der Waals surface area contributed by atoms with Gasteiger partial charge in [-0.25, -0.2) is 15.0 Å². The lowest BCUT2D eigenvalue weighted by Crippen LogP contribution is -2.40. The Balaban J connectivity index is 1.31. The number of aliphatic imine (C=N–C) groups is 1. The molecule has 1 atom stereocenters. The topological polar surface area (TPSA) is 80.5 Å². The number of hydrogen-bond donors (Lipinski definition) is 1. The monoisotopic (exact) mass is 391 g/mol. The van der Waals surface area contributed by atoms with Gasteiger partial charge in [0, 0.05) is 57.4 Å². The van der Waals surface area contributed by atoms with Gasteiger partial charge in [0.1, 0.15) is 17.7 Å². The van der Waals surface area contributed by atoms with Gasteiger partial charge < -0.3 is 15.0 Å². The van der Waals surface area contributed by atoms with Crippen molar-refractivity contribution in [3.63, 3.8) is 0 Å². The molecule has 0 bridgehead atoms. The summed E-state index contributed by atoms with van der Waals surface area (Å²) >= 11 is 0. The van der Waals surface area contributed by atoms with Crippen molar-refractivity contribution in [3.8, 4) is 11.7 Å². The molecule has 8 nitrogen and oxygen atoms in total. The molecule has 1 aliphatic heterocycles. The number of guanidine groups is 1. The van der Waals surface area contributed by atoms with Crippen molar-refractivity contribution in [2.24, 2.45) is 4.99 Å². The summed E-state index contributed by atoms with van der Waals surface area (Å²) in [6.45, 7) is 4.30. The first-order chi connectivity index (χ1) is 14.2. The Morgan fingerprint density at radius 3 is 2.83 bits per heavy atom. The molecule has 0 saturated carbocycles. The van der Waals surface area contributed by atoms with Crippen molar-refractivity contribution < 1.29 is 4.74 Å². The van der Waals surface area contributed by atoms with Gasteiger partial charge in [-0.15, -0.1) is 0 Å². The van der Waals surface area contributed by atoms with E-state index in [9.17, 15) is 0 Å². The lowest BCUT2D eigenvalue weighted by atomic mass is 10.3. The van der Waals surface area contributed by atoms with Crippen LogP contribution in [0.1, 0.15) is 17.8 Å². The maximum atomic E-state index is 5.97. The second-order valence-corrected chi connectivity index (χ2v) is 6.91. The number of pyridine rings is 2. The summed E-state index contributed by atoms with van der Waals surface area (Å²) in [6.07, 6.45) is 8.37. The van der Waals surface area contributed by atoms with Crippen LogP contribution in [0.2, 0.25) is 0 Å². The van der Waals surface area contributed by atoms with E-state index in [1.165, 1.54) is 0 Å². The molecule has 1 saturated heterocycles. The number of aromatic nitrogens is 4. The normalized spacial score (nSPS) is 16.8. The van der Waals surface area contributed by atoms with E-state index in [1.807, 2.05) is 48.1 Å². The first-order valence-corrected chi connectivity index (χ1v) is 9.71. The van der Waals surface area contributed by atoms with E-state index >= 15 is 0 Å². The van der Waals surface area contributed by atoms with Crippen molar-refractivity contribution in [2.45, 2.75) is 26.0 Å². The van der Waals surface area contributed by atoms with E-state index in [1.54, 1.807) is 19.4 Å². The van der Waals surface area contributed by atoms with Gasteiger partial charge >= 0.3 is 0 Å². The average Bonchev–Trinajstić information content (AvgIpc) is 3.39. The van der Waals surface area contributed by atoms with E-state index in [4.69, 9.17) is 4.74 Å². The molecule has 4 heterocycles. The summed E-state index contributed by atoms with van der Waals surface area (Å²) in [5.41, 5.74) is 1.09. The van der Waals surface area contributed by atoms with Crippen molar-refractivity contribution in [2.75, 3.05) is 20.1 Å². The zero-order chi connectivity index (χ0) is 20.1. The van der Waals surface area contributed by atoms with Gasteiger partial charge in [-0.05, 0) is 24.6 Å². The zero-order valence-electron chi connectivity index (χ0n) is 16.7. The molecule has 4 rings (SSSR count). The minimum atomic E-state index is 0.114. The Morgan fingerprint density at radius 1 is 1.21 bits per heavy atom. The first-order valence-electron chi connectivity index (χ1n) is 9.71. The van der Waals surface area contributed by atoms with Gasteiger partial charge in [0.05, 0.1) is 6.54 Å².